The number of aromatic nitrogens is 1. The van der Waals surface area contributed by atoms with Crippen molar-refractivity contribution in [2.75, 3.05) is 31.0 Å². The largest absolute Gasteiger partial charge is 0.378 e. The van der Waals surface area contributed by atoms with Gasteiger partial charge in [0.1, 0.15) is 0 Å². The number of carbonyl (C=O) groups excluding carboxylic acids is 1. The molecule has 1 aliphatic heterocycles. The molecular weight excluding hydrogens is 396 g/mol. The van der Waals surface area contributed by atoms with E-state index in [2.05, 4.69) is 9.88 Å². The third kappa shape index (κ3) is 3.78. The van der Waals surface area contributed by atoms with Gasteiger partial charge in [0.05, 0.1) is 40.8 Å². The first-order valence-electron chi connectivity index (χ1n) is 8.77. The minimum absolute atomic E-state index is 0.0495. The van der Waals surface area contributed by atoms with Crippen molar-refractivity contribution >= 4 is 32.6 Å². The van der Waals surface area contributed by atoms with E-state index >= 15 is 0 Å². The van der Waals surface area contributed by atoms with E-state index in [0.29, 0.717) is 42.8 Å². The van der Waals surface area contributed by atoms with Gasteiger partial charge in [-0.15, -0.1) is 0 Å². The first-order valence-corrected chi connectivity index (χ1v) is 10.3. The van der Waals surface area contributed by atoms with E-state index in [-0.39, 0.29) is 22.2 Å². The fourth-order valence-electron chi connectivity index (χ4n) is 3.02. The minimum Gasteiger partial charge on any atom is -0.378 e. The second kappa shape index (κ2) is 7.54. The first-order chi connectivity index (χ1) is 14.0. The van der Waals surface area contributed by atoms with E-state index in [4.69, 9.17) is 14.5 Å². The summed E-state index contributed by atoms with van der Waals surface area (Å²) in [5.41, 5.74) is 0.967. The number of hydrogen-bond acceptors (Lipinski definition) is 7. The van der Waals surface area contributed by atoms with Crippen LogP contribution in [0.3, 0.4) is 0 Å². The number of fused-ring (bicyclic) bond motifs is 1. The van der Waals surface area contributed by atoms with Gasteiger partial charge < -0.3 is 14.2 Å². The van der Waals surface area contributed by atoms with Crippen molar-refractivity contribution in [3.05, 3.63) is 53.7 Å². The van der Waals surface area contributed by atoms with Crippen LogP contribution in [-0.4, -0.2) is 50.7 Å². The molecule has 1 N–H and O–H groups in total. The summed E-state index contributed by atoms with van der Waals surface area (Å²) in [6, 6.07) is 12.3. The van der Waals surface area contributed by atoms with Crippen LogP contribution >= 0.6 is 0 Å². The highest BCUT2D eigenvalue weighted by Crippen LogP contribution is 2.25. The lowest BCUT2D eigenvalue weighted by Gasteiger charge is -2.25. The Hall–Kier alpha value is -3.42. The van der Waals surface area contributed by atoms with Crippen molar-refractivity contribution in [3.8, 4) is 6.07 Å². The summed E-state index contributed by atoms with van der Waals surface area (Å²) in [7, 11) is -3.95. The summed E-state index contributed by atoms with van der Waals surface area (Å²) in [6.07, 6.45) is 0. The van der Waals surface area contributed by atoms with Crippen molar-refractivity contribution in [2.24, 2.45) is 0 Å². The van der Waals surface area contributed by atoms with Gasteiger partial charge in [-0.2, -0.15) is 5.26 Å². The monoisotopic (exact) mass is 412 g/mol. The normalized spacial score (nSPS) is 14.5. The number of nitriles is 1. The summed E-state index contributed by atoms with van der Waals surface area (Å²) in [6.45, 7) is 1.74. The zero-order chi connectivity index (χ0) is 20.4. The van der Waals surface area contributed by atoms with Crippen molar-refractivity contribution in [1.29, 1.82) is 5.26 Å². The van der Waals surface area contributed by atoms with E-state index in [1.54, 1.807) is 23.1 Å². The van der Waals surface area contributed by atoms with Gasteiger partial charge in [0.25, 0.3) is 15.9 Å². The second-order valence-electron chi connectivity index (χ2n) is 6.39. The number of nitrogens with one attached hydrogen (secondary N) is 1. The van der Waals surface area contributed by atoms with Crippen molar-refractivity contribution < 1.29 is 22.5 Å². The zero-order valence-corrected chi connectivity index (χ0v) is 16.0. The third-order valence-corrected chi connectivity index (χ3v) is 5.88. The Balaban J connectivity index is 1.67. The molecular formula is C19H16N4O5S. The molecule has 0 unspecified atom stereocenters. The van der Waals surface area contributed by atoms with E-state index in [0.717, 1.165) is 0 Å². The number of amides is 1. The average Bonchev–Trinajstić information content (AvgIpc) is 3.17. The fourth-order valence-corrected chi connectivity index (χ4v) is 4.10. The summed E-state index contributed by atoms with van der Waals surface area (Å²) >= 11 is 0. The number of rotatable bonds is 4. The molecule has 1 aromatic heterocycles. The van der Waals surface area contributed by atoms with Gasteiger partial charge in [0.15, 0.2) is 11.3 Å². The maximum absolute atomic E-state index is 12.8. The molecule has 0 radical (unpaired) electrons. The highest BCUT2D eigenvalue weighted by Gasteiger charge is 2.25. The molecule has 1 fully saturated rings. The molecule has 0 atom stereocenters. The predicted octanol–water partition coefficient (Wildman–Crippen LogP) is 1.97. The van der Waals surface area contributed by atoms with Crippen molar-refractivity contribution in [3.63, 3.8) is 0 Å². The average molecular weight is 412 g/mol. The molecule has 2 heterocycles. The molecule has 148 valence electrons. The third-order valence-electron chi connectivity index (χ3n) is 4.50. The number of benzene rings is 2. The van der Waals surface area contributed by atoms with Gasteiger partial charge in [-0.1, -0.05) is 11.2 Å². The Bertz CT molecular complexity index is 1220. The van der Waals surface area contributed by atoms with E-state index in [1.165, 1.54) is 24.3 Å². The Morgan fingerprint density at radius 1 is 1.17 bits per heavy atom. The summed E-state index contributed by atoms with van der Waals surface area (Å²) < 4.78 is 38.5. The van der Waals surface area contributed by atoms with Crippen LogP contribution < -0.4 is 4.72 Å². The number of hydrogen-bond donors (Lipinski definition) is 1. The molecule has 1 saturated heterocycles. The van der Waals surface area contributed by atoms with Crippen molar-refractivity contribution in [1.82, 2.24) is 10.1 Å². The van der Waals surface area contributed by atoms with Crippen LogP contribution in [0.15, 0.2) is 51.9 Å². The van der Waals surface area contributed by atoms with Crippen LogP contribution in [0.2, 0.25) is 0 Å². The number of ether oxygens (including phenoxy) is 1. The van der Waals surface area contributed by atoms with Gasteiger partial charge in [-0.3, -0.25) is 9.52 Å². The highest BCUT2D eigenvalue weighted by molar-refractivity contribution is 7.92. The molecule has 0 spiro atoms. The molecule has 10 heteroatoms. The van der Waals surface area contributed by atoms with Crippen LogP contribution in [0.25, 0.3) is 11.0 Å². The lowest BCUT2D eigenvalue weighted by Crippen LogP contribution is -2.40. The number of morpholine rings is 1. The molecule has 3 aromatic rings. The number of carbonyl (C=O) groups is 1. The summed E-state index contributed by atoms with van der Waals surface area (Å²) in [4.78, 5) is 14.3. The molecule has 0 bridgehead atoms. The molecule has 9 nitrogen and oxygen atoms in total. The Morgan fingerprint density at radius 3 is 2.72 bits per heavy atom. The molecule has 1 aliphatic rings. The van der Waals surface area contributed by atoms with E-state index < -0.39 is 10.0 Å². The van der Waals surface area contributed by atoms with Crippen LogP contribution in [0.1, 0.15) is 16.1 Å². The predicted molar refractivity (Wildman–Crippen MR) is 103 cm³/mol. The SMILES string of the molecule is N#Cc1cccc(NS(=O)(=O)c2ccc3onc(C(=O)N4CCOCC4)c3c2)c1. The molecule has 0 saturated carbocycles. The Labute approximate surface area is 166 Å². The molecule has 2 aromatic carbocycles. The number of sulfonamides is 1. The lowest BCUT2D eigenvalue weighted by molar-refractivity contribution is 0.0297. The maximum Gasteiger partial charge on any atom is 0.276 e. The van der Waals surface area contributed by atoms with Crippen LogP contribution in [0.4, 0.5) is 5.69 Å². The molecule has 29 heavy (non-hydrogen) atoms. The fraction of sp³-hybridized carbons (Fsp3) is 0.211. The standard InChI is InChI=1S/C19H16N4O5S/c20-12-13-2-1-3-14(10-13)22-29(25,26)15-4-5-17-16(11-15)18(21-28-17)19(24)23-6-8-27-9-7-23/h1-5,10-11,22H,6-9H2. The summed E-state index contributed by atoms with van der Waals surface area (Å²) in [5, 5.41) is 13.1. The van der Waals surface area contributed by atoms with Gasteiger partial charge in [0, 0.05) is 13.1 Å². The van der Waals surface area contributed by atoms with Crippen LogP contribution in [0, 0.1) is 11.3 Å². The first kappa shape index (κ1) is 18.9. The topological polar surface area (TPSA) is 126 Å². The number of nitrogens with zero attached hydrogens (tertiary/aromatic N) is 3. The molecule has 1 amide bonds. The van der Waals surface area contributed by atoms with E-state index in [9.17, 15) is 13.2 Å². The molecule has 4 rings (SSSR count). The van der Waals surface area contributed by atoms with Gasteiger partial charge in [0.2, 0.25) is 0 Å². The minimum atomic E-state index is -3.95. The highest BCUT2D eigenvalue weighted by atomic mass is 32.2. The van der Waals surface area contributed by atoms with Gasteiger partial charge in [-0.05, 0) is 36.4 Å². The van der Waals surface area contributed by atoms with Crippen LogP contribution in [0.5, 0.6) is 0 Å². The van der Waals surface area contributed by atoms with Crippen molar-refractivity contribution in [2.45, 2.75) is 4.90 Å². The van der Waals surface area contributed by atoms with Gasteiger partial charge in [-0.25, -0.2) is 8.42 Å². The Morgan fingerprint density at radius 2 is 1.97 bits per heavy atom. The van der Waals surface area contributed by atoms with Crippen LogP contribution in [-0.2, 0) is 14.8 Å². The smallest absolute Gasteiger partial charge is 0.276 e. The zero-order valence-electron chi connectivity index (χ0n) is 15.2. The van der Waals surface area contributed by atoms with Gasteiger partial charge >= 0.3 is 0 Å². The second-order valence-corrected chi connectivity index (χ2v) is 8.07. The number of anilines is 1. The lowest BCUT2D eigenvalue weighted by atomic mass is 10.2. The van der Waals surface area contributed by atoms with E-state index in [1.807, 2.05) is 6.07 Å². The quantitative estimate of drug-likeness (QED) is 0.694. The molecule has 0 aliphatic carbocycles. The maximum atomic E-state index is 12.8. The summed E-state index contributed by atoms with van der Waals surface area (Å²) in [5.74, 6) is -0.337. The Kier molecular flexibility index (Phi) is 4.92.